The van der Waals surface area contributed by atoms with Crippen LogP contribution < -0.4 is 11.3 Å². The Morgan fingerprint density at radius 1 is 1.38 bits per heavy atom. The zero-order valence-electron chi connectivity index (χ0n) is 8.30. The third-order valence-corrected chi connectivity index (χ3v) is 2.40. The largest absolute Gasteiger partial charge is 0.382 e. The third kappa shape index (κ3) is 2.20. The summed E-state index contributed by atoms with van der Waals surface area (Å²) in [6, 6.07) is 4.57. The molecule has 0 aliphatic carbocycles. The predicted molar refractivity (Wildman–Crippen MR) is 61.3 cm³/mol. The maximum Gasteiger partial charge on any atom is 0.267 e. The molecule has 2 N–H and O–H groups in total. The van der Waals surface area contributed by atoms with Crippen molar-refractivity contribution in [3.05, 3.63) is 51.5 Å². The number of nitrogens with zero attached hydrogens (tertiary/aromatic N) is 3. The quantitative estimate of drug-likeness (QED) is 0.842. The van der Waals surface area contributed by atoms with E-state index in [0.29, 0.717) is 10.8 Å². The summed E-state index contributed by atoms with van der Waals surface area (Å²) in [6.45, 7) is 0.283. The molecule has 2 aromatic rings. The van der Waals surface area contributed by atoms with Crippen LogP contribution in [0.2, 0.25) is 5.02 Å². The van der Waals surface area contributed by atoms with Crippen LogP contribution in [0.5, 0.6) is 0 Å². The summed E-state index contributed by atoms with van der Waals surface area (Å²) >= 11 is 5.93. The molecule has 2 rings (SSSR count). The Kier molecular flexibility index (Phi) is 2.87. The van der Waals surface area contributed by atoms with Gasteiger partial charge in [-0.05, 0) is 17.7 Å². The molecule has 5 nitrogen and oxygen atoms in total. The molecule has 0 saturated heterocycles. The lowest BCUT2D eigenvalue weighted by molar-refractivity contribution is 0.643. The molecule has 0 saturated carbocycles. The Balaban J connectivity index is 2.38. The van der Waals surface area contributed by atoms with Crippen LogP contribution in [0.4, 0.5) is 5.82 Å². The van der Waals surface area contributed by atoms with E-state index in [-0.39, 0.29) is 12.1 Å². The molecule has 2 aromatic heterocycles. The lowest BCUT2D eigenvalue weighted by Crippen LogP contribution is -2.23. The number of rotatable bonds is 2. The second-order valence-electron chi connectivity index (χ2n) is 3.22. The van der Waals surface area contributed by atoms with E-state index in [1.54, 1.807) is 12.3 Å². The predicted octanol–water partition coefficient (Wildman–Crippen LogP) is 0.922. The first-order valence-electron chi connectivity index (χ1n) is 4.59. The van der Waals surface area contributed by atoms with Crippen molar-refractivity contribution in [2.75, 3.05) is 5.73 Å². The average molecular weight is 237 g/mol. The van der Waals surface area contributed by atoms with Gasteiger partial charge in [0.05, 0.1) is 11.6 Å². The Bertz CT molecular complexity index is 567. The summed E-state index contributed by atoms with van der Waals surface area (Å²) in [5.41, 5.74) is 6.06. The van der Waals surface area contributed by atoms with Gasteiger partial charge in [-0.25, -0.2) is 4.68 Å². The van der Waals surface area contributed by atoms with Crippen molar-refractivity contribution in [2.24, 2.45) is 0 Å². The summed E-state index contributed by atoms with van der Waals surface area (Å²) in [5.74, 6) is 0.296. The molecule has 0 fully saturated rings. The number of nitrogen functional groups attached to an aromatic ring is 1. The minimum atomic E-state index is -0.220. The number of halogens is 1. The molecule has 0 unspecified atom stereocenters. The van der Waals surface area contributed by atoms with Gasteiger partial charge in [0.15, 0.2) is 0 Å². The first-order chi connectivity index (χ1) is 7.66. The van der Waals surface area contributed by atoms with Crippen molar-refractivity contribution in [1.82, 2.24) is 14.8 Å². The van der Waals surface area contributed by atoms with Gasteiger partial charge in [-0.3, -0.25) is 9.78 Å². The molecule has 82 valence electrons. The monoisotopic (exact) mass is 236 g/mol. The molecular formula is C10H9ClN4O. The summed E-state index contributed by atoms with van der Waals surface area (Å²) in [5, 5.41) is 4.41. The van der Waals surface area contributed by atoms with Crippen LogP contribution in [-0.4, -0.2) is 14.8 Å². The second kappa shape index (κ2) is 4.32. The van der Waals surface area contributed by atoms with Gasteiger partial charge < -0.3 is 5.73 Å². The van der Waals surface area contributed by atoms with Crippen molar-refractivity contribution in [3.8, 4) is 0 Å². The van der Waals surface area contributed by atoms with E-state index in [9.17, 15) is 4.79 Å². The van der Waals surface area contributed by atoms with E-state index < -0.39 is 0 Å². The van der Waals surface area contributed by atoms with Crippen molar-refractivity contribution in [2.45, 2.75) is 6.54 Å². The van der Waals surface area contributed by atoms with Gasteiger partial charge in [-0.15, -0.1) is 0 Å². The highest BCUT2D eigenvalue weighted by atomic mass is 35.5. The van der Waals surface area contributed by atoms with Crippen LogP contribution >= 0.6 is 11.6 Å². The van der Waals surface area contributed by atoms with Crippen LogP contribution in [0.1, 0.15) is 5.56 Å². The van der Waals surface area contributed by atoms with Crippen LogP contribution in [0, 0.1) is 0 Å². The number of aromatic nitrogens is 3. The Morgan fingerprint density at radius 3 is 2.94 bits per heavy atom. The van der Waals surface area contributed by atoms with Gasteiger partial charge in [0, 0.05) is 18.5 Å². The van der Waals surface area contributed by atoms with Gasteiger partial charge >= 0.3 is 0 Å². The van der Waals surface area contributed by atoms with Crippen LogP contribution in [0.25, 0.3) is 0 Å². The normalized spacial score (nSPS) is 10.3. The molecule has 6 heteroatoms. The van der Waals surface area contributed by atoms with Crippen molar-refractivity contribution in [3.63, 3.8) is 0 Å². The number of anilines is 1. The van der Waals surface area contributed by atoms with E-state index in [1.807, 2.05) is 0 Å². The lowest BCUT2D eigenvalue weighted by atomic mass is 10.3. The van der Waals surface area contributed by atoms with Crippen LogP contribution in [-0.2, 0) is 6.54 Å². The van der Waals surface area contributed by atoms with Crippen molar-refractivity contribution < 1.29 is 0 Å². The first-order valence-corrected chi connectivity index (χ1v) is 4.96. The SMILES string of the molecule is Nc1ccc(=O)n(Cc2ccncc2Cl)n1. The highest BCUT2D eigenvalue weighted by Gasteiger charge is 2.03. The summed E-state index contributed by atoms with van der Waals surface area (Å²) < 4.78 is 1.26. The molecule has 2 heterocycles. The summed E-state index contributed by atoms with van der Waals surface area (Å²) in [4.78, 5) is 15.3. The zero-order chi connectivity index (χ0) is 11.5. The number of pyridine rings is 1. The minimum Gasteiger partial charge on any atom is -0.382 e. The first kappa shape index (κ1) is 10.6. The topological polar surface area (TPSA) is 73.8 Å². The molecule has 0 radical (unpaired) electrons. The second-order valence-corrected chi connectivity index (χ2v) is 3.63. The number of hydrogen-bond donors (Lipinski definition) is 1. The molecular weight excluding hydrogens is 228 g/mol. The molecule has 0 aliphatic heterocycles. The lowest BCUT2D eigenvalue weighted by Gasteiger charge is -2.06. The minimum absolute atomic E-state index is 0.220. The fourth-order valence-corrected chi connectivity index (χ4v) is 1.45. The molecule has 0 aliphatic rings. The fraction of sp³-hybridized carbons (Fsp3) is 0.100. The van der Waals surface area contributed by atoms with E-state index in [0.717, 1.165) is 5.56 Å². The van der Waals surface area contributed by atoms with Gasteiger partial charge in [-0.2, -0.15) is 5.10 Å². The average Bonchev–Trinajstić information content (AvgIpc) is 2.27. The summed E-state index contributed by atoms with van der Waals surface area (Å²) in [7, 11) is 0. The molecule has 0 bridgehead atoms. The standard InChI is InChI=1S/C10H9ClN4O/c11-8-5-13-4-3-7(8)6-15-10(16)2-1-9(12)14-15/h1-5H,6H2,(H2,12,14). The van der Waals surface area contributed by atoms with Crippen molar-refractivity contribution >= 4 is 17.4 Å². The van der Waals surface area contributed by atoms with Gasteiger partial charge in [0.2, 0.25) is 0 Å². The van der Waals surface area contributed by atoms with E-state index >= 15 is 0 Å². The van der Waals surface area contributed by atoms with Crippen LogP contribution in [0.15, 0.2) is 35.4 Å². The smallest absolute Gasteiger partial charge is 0.267 e. The van der Waals surface area contributed by atoms with E-state index in [2.05, 4.69) is 10.1 Å². The molecule has 0 amide bonds. The number of nitrogens with two attached hydrogens (primary N) is 1. The Morgan fingerprint density at radius 2 is 2.19 bits per heavy atom. The molecule has 0 spiro atoms. The molecule has 0 atom stereocenters. The Hall–Kier alpha value is -1.88. The number of hydrogen-bond acceptors (Lipinski definition) is 4. The van der Waals surface area contributed by atoms with E-state index in [1.165, 1.54) is 23.0 Å². The third-order valence-electron chi connectivity index (χ3n) is 2.06. The zero-order valence-corrected chi connectivity index (χ0v) is 9.05. The molecule has 16 heavy (non-hydrogen) atoms. The van der Waals surface area contributed by atoms with Gasteiger partial charge in [0.25, 0.3) is 5.56 Å². The highest BCUT2D eigenvalue weighted by Crippen LogP contribution is 2.13. The van der Waals surface area contributed by atoms with Crippen molar-refractivity contribution in [1.29, 1.82) is 0 Å². The maximum absolute atomic E-state index is 11.5. The fourth-order valence-electron chi connectivity index (χ4n) is 1.27. The van der Waals surface area contributed by atoms with E-state index in [4.69, 9.17) is 17.3 Å². The Labute approximate surface area is 96.5 Å². The maximum atomic E-state index is 11.5. The van der Waals surface area contributed by atoms with Gasteiger partial charge in [0.1, 0.15) is 5.82 Å². The van der Waals surface area contributed by atoms with Crippen LogP contribution in [0.3, 0.4) is 0 Å². The highest BCUT2D eigenvalue weighted by molar-refractivity contribution is 6.31. The molecule has 0 aromatic carbocycles. The van der Waals surface area contributed by atoms with Gasteiger partial charge in [-0.1, -0.05) is 11.6 Å². The summed E-state index contributed by atoms with van der Waals surface area (Å²) in [6.07, 6.45) is 3.13.